The molecular formula is C14H19NO2S. The molecule has 3 rings (SSSR count). The van der Waals surface area contributed by atoms with Gasteiger partial charge >= 0.3 is 0 Å². The first-order valence-corrected chi connectivity index (χ1v) is 8.07. The Kier molecular flexibility index (Phi) is 3.77. The van der Waals surface area contributed by atoms with Crippen molar-refractivity contribution in [3.8, 4) is 0 Å². The Bertz CT molecular complexity index is 445. The first-order valence-electron chi connectivity index (χ1n) is 6.58. The summed E-state index contributed by atoms with van der Waals surface area (Å²) in [5.41, 5.74) is 2.60. The second-order valence-corrected chi connectivity index (χ2v) is 6.65. The van der Waals surface area contributed by atoms with Gasteiger partial charge in [0.2, 0.25) is 0 Å². The summed E-state index contributed by atoms with van der Waals surface area (Å²) in [7, 11) is -0.769. The van der Waals surface area contributed by atoms with Crippen LogP contribution in [0.25, 0.3) is 0 Å². The number of hydrogen-bond donors (Lipinski definition) is 1. The molecule has 0 aliphatic carbocycles. The molecule has 18 heavy (non-hydrogen) atoms. The number of fused-ring (bicyclic) bond motifs is 1. The second kappa shape index (κ2) is 5.51. The molecule has 2 aliphatic rings. The van der Waals surface area contributed by atoms with Crippen LogP contribution in [-0.4, -0.2) is 35.4 Å². The number of benzene rings is 1. The van der Waals surface area contributed by atoms with E-state index in [4.69, 9.17) is 4.74 Å². The summed E-state index contributed by atoms with van der Waals surface area (Å²) in [5.74, 6) is 2.06. The maximum Gasteiger partial charge on any atom is 0.0942 e. The Balaban J connectivity index is 1.64. The molecule has 0 bridgehead atoms. The Morgan fingerprint density at radius 2 is 2.11 bits per heavy atom. The van der Waals surface area contributed by atoms with Gasteiger partial charge in [-0.05, 0) is 23.5 Å². The molecular weight excluding hydrogens is 246 g/mol. The van der Waals surface area contributed by atoms with Crippen molar-refractivity contribution in [2.24, 2.45) is 5.92 Å². The van der Waals surface area contributed by atoms with Crippen molar-refractivity contribution in [3.63, 3.8) is 0 Å². The lowest BCUT2D eigenvalue weighted by atomic mass is 9.99. The maximum absolute atomic E-state index is 12.1. The van der Waals surface area contributed by atoms with Crippen LogP contribution in [0.2, 0.25) is 0 Å². The van der Waals surface area contributed by atoms with Crippen molar-refractivity contribution in [1.82, 2.24) is 5.32 Å². The van der Waals surface area contributed by atoms with Crippen LogP contribution in [0, 0.1) is 5.92 Å². The number of rotatable bonds is 4. The van der Waals surface area contributed by atoms with Gasteiger partial charge in [-0.25, -0.2) is 0 Å². The van der Waals surface area contributed by atoms with Gasteiger partial charge in [0.15, 0.2) is 0 Å². The molecule has 2 atom stereocenters. The summed E-state index contributed by atoms with van der Waals surface area (Å²) >= 11 is 0. The molecule has 0 aromatic heterocycles. The van der Waals surface area contributed by atoms with Crippen LogP contribution in [-0.2, 0) is 22.0 Å². The Morgan fingerprint density at radius 3 is 2.89 bits per heavy atom. The van der Waals surface area contributed by atoms with Crippen molar-refractivity contribution in [2.45, 2.75) is 12.5 Å². The third-order valence-electron chi connectivity index (χ3n) is 3.72. The van der Waals surface area contributed by atoms with Crippen LogP contribution in [0.15, 0.2) is 24.3 Å². The molecule has 2 heterocycles. The predicted octanol–water partition coefficient (Wildman–Crippen LogP) is 1.27. The Hall–Kier alpha value is -0.710. The van der Waals surface area contributed by atoms with E-state index in [0.717, 1.165) is 31.9 Å². The largest absolute Gasteiger partial charge is 0.372 e. The first-order chi connectivity index (χ1) is 8.83. The molecule has 2 aliphatic heterocycles. The fourth-order valence-corrected chi connectivity index (χ4v) is 4.09. The van der Waals surface area contributed by atoms with E-state index in [1.54, 1.807) is 0 Å². The third kappa shape index (κ3) is 2.66. The molecule has 0 radical (unpaired) electrons. The van der Waals surface area contributed by atoms with Gasteiger partial charge in [0, 0.05) is 29.6 Å². The van der Waals surface area contributed by atoms with Gasteiger partial charge in [-0.15, -0.1) is 0 Å². The molecule has 3 nitrogen and oxygen atoms in total. The molecule has 1 fully saturated rings. The number of nitrogens with one attached hydrogen (secondary N) is 1. The van der Waals surface area contributed by atoms with Gasteiger partial charge < -0.3 is 10.1 Å². The number of ether oxygens (including phenoxy) is 1. The van der Waals surface area contributed by atoms with Gasteiger partial charge in [0.05, 0.1) is 18.5 Å². The number of hydrogen-bond acceptors (Lipinski definition) is 3. The summed E-state index contributed by atoms with van der Waals surface area (Å²) in [6.45, 7) is 2.80. The molecule has 98 valence electrons. The lowest BCUT2D eigenvalue weighted by Gasteiger charge is -2.29. The van der Waals surface area contributed by atoms with Crippen molar-refractivity contribution in [3.05, 3.63) is 35.4 Å². The highest BCUT2D eigenvalue weighted by atomic mass is 32.2. The van der Waals surface area contributed by atoms with E-state index in [-0.39, 0.29) is 6.10 Å². The van der Waals surface area contributed by atoms with Crippen LogP contribution in [0.4, 0.5) is 0 Å². The molecule has 1 aromatic carbocycles. The predicted molar refractivity (Wildman–Crippen MR) is 73.1 cm³/mol. The lowest BCUT2D eigenvalue weighted by molar-refractivity contribution is 0.0581. The van der Waals surface area contributed by atoms with Gasteiger partial charge in [0.1, 0.15) is 0 Å². The standard InChI is InChI=1S/C14H19NO2S/c16-18(9-11-7-15-8-11)10-14-13-4-2-1-3-12(13)5-6-17-14/h1-4,11,14-15H,5-10H2. The zero-order valence-corrected chi connectivity index (χ0v) is 11.2. The minimum absolute atomic E-state index is 0.0313. The normalized spacial score (nSPS) is 25.2. The van der Waals surface area contributed by atoms with Gasteiger partial charge in [0.25, 0.3) is 0 Å². The van der Waals surface area contributed by atoms with E-state index >= 15 is 0 Å². The molecule has 1 aromatic rings. The van der Waals surface area contributed by atoms with Crippen LogP contribution in [0.5, 0.6) is 0 Å². The highest BCUT2D eigenvalue weighted by Gasteiger charge is 2.25. The second-order valence-electron chi connectivity index (χ2n) is 5.11. The summed E-state index contributed by atoms with van der Waals surface area (Å²) in [6, 6.07) is 8.38. The Labute approximate surface area is 110 Å². The van der Waals surface area contributed by atoms with Crippen molar-refractivity contribution in [2.75, 3.05) is 31.2 Å². The van der Waals surface area contributed by atoms with Crippen LogP contribution >= 0.6 is 0 Å². The Morgan fingerprint density at radius 1 is 1.28 bits per heavy atom. The summed E-state index contributed by atoms with van der Waals surface area (Å²) < 4.78 is 17.9. The highest BCUT2D eigenvalue weighted by molar-refractivity contribution is 7.85. The van der Waals surface area contributed by atoms with Crippen molar-refractivity contribution in [1.29, 1.82) is 0 Å². The average Bonchev–Trinajstić information content (AvgIpc) is 2.34. The zero-order valence-electron chi connectivity index (χ0n) is 10.4. The van der Waals surface area contributed by atoms with Crippen LogP contribution in [0.1, 0.15) is 17.2 Å². The van der Waals surface area contributed by atoms with Crippen molar-refractivity contribution < 1.29 is 8.95 Å². The first kappa shape index (κ1) is 12.3. The molecule has 1 saturated heterocycles. The van der Waals surface area contributed by atoms with E-state index in [2.05, 4.69) is 23.5 Å². The van der Waals surface area contributed by atoms with Crippen LogP contribution in [0.3, 0.4) is 0 Å². The highest BCUT2D eigenvalue weighted by Crippen LogP contribution is 2.27. The van der Waals surface area contributed by atoms with E-state index in [1.165, 1.54) is 11.1 Å². The van der Waals surface area contributed by atoms with Crippen LogP contribution < -0.4 is 5.32 Å². The van der Waals surface area contributed by atoms with Gasteiger partial charge in [-0.2, -0.15) is 0 Å². The molecule has 1 N–H and O–H groups in total. The van der Waals surface area contributed by atoms with E-state index < -0.39 is 10.8 Å². The molecule has 2 unspecified atom stereocenters. The molecule has 0 saturated carbocycles. The minimum atomic E-state index is -0.769. The fraction of sp³-hybridized carbons (Fsp3) is 0.571. The van der Waals surface area contributed by atoms with Gasteiger partial charge in [-0.3, -0.25) is 4.21 Å². The topological polar surface area (TPSA) is 38.3 Å². The monoisotopic (exact) mass is 265 g/mol. The summed E-state index contributed by atoms with van der Waals surface area (Å²) in [4.78, 5) is 0. The third-order valence-corrected chi connectivity index (χ3v) is 5.24. The van der Waals surface area contributed by atoms with E-state index in [1.807, 2.05) is 6.07 Å². The molecule has 0 spiro atoms. The quantitative estimate of drug-likeness (QED) is 0.891. The van der Waals surface area contributed by atoms with Crippen molar-refractivity contribution >= 4 is 10.8 Å². The van der Waals surface area contributed by atoms with E-state index in [0.29, 0.717) is 11.7 Å². The molecule has 0 amide bonds. The summed E-state index contributed by atoms with van der Waals surface area (Å²) in [6.07, 6.45) is 1.01. The van der Waals surface area contributed by atoms with Gasteiger partial charge in [-0.1, -0.05) is 24.3 Å². The van der Waals surface area contributed by atoms with E-state index in [9.17, 15) is 4.21 Å². The minimum Gasteiger partial charge on any atom is -0.372 e. The SMILES string of the molecule is O=S(CC1CNC1)CC1OCCc2ccccc21. The fourth-order valence-electron chi connectivity index (χ4n) is 2.58. The lowest BCUT2D eigenvalue weighted by Crippen LogP contribution is -2.45. The average molecular weight is 265 g/mol. The smallest absolute Gasteiger partial charge is 0.0942 e. The molecule has 4 heteroatoms. The maximum atomic E-state index is 12.1. The summed E-state index contributed by atoms with van der Waals surface area (Å²) in [5, 5.41) is 3.22. The zero-order chi connectivity index (χ0) is 12.4.